The molecule has 0 spiro atoms. The molecule has 0 heterocycles. The van der Waals surface area contributed by atoms with Gasteiger partial charge in [0.15, 0.2) is 0 Å². The highest BCUT2D eigenvalue weighted by atomic mass is 16.6. The van der Waals surface area contributed by atoms with Crippen LogP contribution in [0.5, 0.6) is 5.75 Å². The number of para-hydroxylation sites is 1. The van der Waals surface area contributed by atoms with Crippen molar-refractivity contribution >= 4 is 5.97 Å². The summed E-state index contributed by atoms with van der Waals surface area (Å²) >= 11 is 0. The summed E-state index contributed by atoms with van der Waals surface area (Å²) in [5.74, 6) is 0.364. The standard InChI is InChI=1S/C19H28O5/c1-3-4-11-21-13-14-22-15-16-24-19(20)17(2)10-12-23-18-8-6-5-7-9-18/h5-9H,2-4,10-16H2,1H3. The van der Waals surface area contributed by atoms with Gasteiger partial charge in [0.2, 0.25) is 0 Å². The van der Waals surface area contributed by atoms with Gasteiger partial charge in [-0.2, -0.15) is 0 Å². The average Bonchev–Trinajstić information content (AvgIpc) is 2.61. The highest BCUT2D eigenvalue weighted by Gasteiger charge is 2.08. The van der Waals surface area contributed by atoms with Crippen LogP contribution in [0.2, 0.25) is 0 Å². The lowest BCUT2D eigenvalue weighted by atomic mass is 10.2. The molecule has 0 amide bonds. The molecule has 5 heteroatoms. The van der Waals surface area contributed by atoms with Crippen LogP contribution in [-0.4, -0.2) is 45.6 Å². The number of carbonyl (C=O) groups excluding carboxylic acids is 1. The first-order chi connectivity index (χ1) is 11.7. The molecule has 134 valence electrons. The zero-order chi connectivity index (χ0) is 17.5. The van der Waals surface area contributed by atoms with Gasteiger partial charge < -0.3 is 18.9 Å². The fourth-order valence-corrected chi connectivity index (χ4v) is 1.77. The van der Waals surface area contributed by atoms with E-state index in [1.807, 2.05) is 30.3 Å². The molecule has 0 aromatic heterocycles. The van der Waals surface area contributed by atoms with E-state index in [-0.39, 0.29) is 6.61 Å². The predicted molar refractivity (Wildman–Crippen MR) is 93.2 cm³/mol. The predicted octanol–water partition coefficient (Wildman–Crippen LogP) is 3.39. The van der Waals surface area contributed by atoms with E-state index >= 15 is 0 Å². The van der Waals surface area contributed by atoms with Crippen molar-refractivity contribution in [2.75, 3.05) is 39.6 Å². The first kappa shape index (κ1) is 20.2. The molecule has 0 bridgehead atoms. The minimum Gasteiger partial charge on any atom is -0.493 e. The second-order valence-corrected chi connectivity index (χ2v) is 5.23. The quantitative estimate of drug-likeness (QED) is 0.296. The number of rotatable bonds is 14. The van der Waals surface area contributed by atoms with Gasteiger partial charge in [-0.3, -0.25) is 0 Å². The molecule has 0 radical (unpaired) electrons. The van der Waals surface area contributed by atoms with E-state index in [0.29, 0.717) is 38.4 Å². The first-order valence-corrected chi connectivity index (χ1v) is 8.42. The summed E-state index contributed by atoms with van der Waals surface area (Å²) in [4.78, 5) is 11.7. The third-order valence-electron chi connectivity index (χ3n) is 3.18. The van der Waals surface area contributed by atoms with Crippen molar-refractivity contribution in [3.63, 3.8) is 0 Å². The zero-order valence-corrected chi connectivity index (χ0v) is 14.5. The smallest absolute Gasteiger partial charge is 0.333 e. The Bertz CT molecular complexity index is 458. The van der Waals surface area contributed by atoms with Crippen LogP contribution in [0, 0.1) is 0 Å². The van der Waals surface area contributed by atoms with Crippen LogP contribution >= 0.6 is 0 Å². The van der Waals surface area contributed by atoms with Gasteiger partial charge in [0.05, 0.1) is 26.4 Å². The Morgan fingerprint density at radius 3 is 2.33 bits per heavy atom. The summed E-state index contributed by atoms with van der Waals surface area (Å²) in [5.41, 5.74) is 0.397. The maximum Gasteiger partial charge on any atom is 0.333 e. The lowest BCUT2D eigenvalue weighted by molar-refractivity contribution is -0.140. The molecule has 0 saturated carbocycles. The van der Waals surface area contributed by atoms with E-state index < -0.39 is 5.97 Å². The number of hydrogen-bond acceptors (Lipinski definition) is 5. The van der Waals surface area contributed by atoms with Crippen molar-refractivity contribution < 1.29 is 23.7 Å². The maximum atomic E-state index is 11.7. The van der Waals surface area contributed by atoms with Crippen LogP contribution in [0.15, 0.2) is 42.5 Å². The summed E-state index contributed by atoms with van der Waals surface area (Å²) in [7, 11) is 0. The molecular formula is C19H28O5. The lowest BCUT2D eigenvalue weighted by Gasteiger charge is -2.09. The van der Waals surface area contributed by atoms with Crippen LogP contribution < -0.4 is 4.74 Å². The highest BCUT2D eigenvalue weighted by Crippen LogP contribution is 2.10. The highest BCUT2D eigenvalue weighted by molar-refractivity contribution is 5.87. The molecule has 1 aromatic carbocycles. The van der Waals surface area contributed by atoms with Gasteiger partial charge in [-0.25, -0.2) is 4.79 Å². The Hall–Kier alpha value is -1.85. The number of benzene rings is 1. The topological polar surface area (TPSA) is 54.0 Å². The molecule has 0 atom stereocenters. The molecule has 0 unspecified atom stereocenters. The third-order valence-corrected chi connectivity index (χ3v) is 3.18. The number of ether oxygens (including phenoxy) is 4. The molecular weight excluding hydrogens is 308 g/mol. The largest absolute Gasteiger partial charge is 0.493 e. The second kappa shape index (κ2) is 13.6. The zero-order valence-electron chi connectivity index (χ0n) is 14.5. The van der Waals surface area contributed by atoms with Crippen molar-refractivity contribution in [3.05, 3.63) is 42.5 Å². The SMILES string of the molecule is C=C(CCOc1ccccc1)C(=O)OCCOCCOCCCC. The number of carbonyl (C=O) groups is 1. The lowest BCUT2D eigenvalue weighted by Crippen LogP contribution is -2.15. The number of hydrogen-bond donors (Lipinski definition) is 0. The van der Waals surface area contributed by atoms with Gasteiger partial charge in [-0.1, -0.05) is 38.1 Å². The van der Waals surface area contributed by atoms with Gasteiger partial charge in [0.1, 0.15) is 12.4 Å². The van der Waals surface area contributed by atoms with Gasteiger partial charge in [0.25, 0.3) is 0 Å². The Balaban J connectivity index is 1.97. The molecule has 5 nitrogen and oxygen atoms in total. The molecule has 0 fully saturated rings. The molecule has 0 aliphatic rings. The van der Waals surface area contributed by atoms with Gasteiger partial charge in [0, 0.05) is 18.6 Å². The molecule has 1 aromatic rings. The van der Waals surface area contributed by atoms with Crippen molar-refractivity contribution in [1.82, 2.24) is 0 Å². The summed E-state index contributed by atoms with van der Waals surface area (Å²) in [6, 6.07) is 9.44. The normalized spacial score (nSPS) is 10.4. The Kier molecular flexibility index (Phi) is 11.4. The Morgan fingerprint density at radius 2 is 1.62 bits per heavy atom. The summed E-state index contributed by atoms with van der Waals surface area (Å²) in [6.45, 7) is 8.65. The fourth-order valence-electron chi connectivity index (χ4n) is 1.77. The molecule has 0 aliphatic heterocycles. The van der Waals surface area contributed by atoms with E-state index in [1.54, 1.807) is 0 Å². The van der Waals surface area contributed by atoms with E-state index in [4.69, 9.17) is 18.9 Å². The minimum atomic E-state index is -0.408. The van der Waals surface area contributed by atoms with Crippen molar-refractivity contribution in [1.29, 1.82) is 0 Å². The van der Waals surface area contributed by atoms with Gasteiger partial charge >= 0.3 is 5.97 Å². The first-order valence-electron chi connectivity index (χ1n) is 8.42. The second-order valence-electron chi connectivity index (χ2n) is 5.23. The van der Waals surface area contributed by atoms with E-state index in [9.17, 15) is 4.79 Å². The molecule has 24 heavy (non-hydrogen) atoms. The monoisotopic (exact) mass is 336 g/mol. The molecule has 0 aliphatic carbocycles. The molecule has 1 rings (SSSR count). The molecule has 0 saturated heterocycles. The summed E-state index contributed by atoms with van der Waals surface area (Å²) in [5, 5.41) is 0. The van der Waals surface area contributed by atoms with Crippen molar-refractivity contribution in [2.45, 2.75) is 26.2 Å². The number of unbranched alkanes of at least 4 members (excludes halogenated alkanes) is 1. The maximum absolute atomic E-state index is 11.7. The van der Waals surface area contributed by atoms with Crippen LogP contribution in [0.25, 0.3) is 0 Å². The average molecular weight is 336 g/mol. The van der Waals surface area contributed by atoms with E-state index in [1.165, 1.54) is 0 Å². The van der Waals surface area contributed by atoms with Crippen LogP contribution in [0.1, 0.15) is 26.2 Å². The third kappa shape index (κ3) is 10.0. The fraction of sp³-hybridized carbons (Fsp3) is 0.526. The van der Waals surface area contributed by atoms with Crippen LogP contribution in [0.4, 0.5) is 0 Å². The Labute approximate surface area is 144 Å². The van der Waals surface area contributed by atoms with Gasteiger partial charge in [-0.15, -0.1) is 0 Å². The van der Waals surface area contributed by atoms with Gasteiger partial charge in [-0.05, 0) is 18.6 Å². The van der Waals surface area contributed by atoms with E-state index in [2.05, 4.69) is 13.5 Å². The summed E-state index contributed by atoms with van der Waals surface area (Å²) < 4.78 is 21.3. The molecule has 0 N–H and O–H groups in total. The van der Waals surface area contributed by atoms with Crippen LogP contribution in [0.3, 0.4) is 0 Å². The Morgan fingerprint density at radius 1 is 0.958 bits per heavy atom. The summed E-state index contributed by atoms with van der Waals surface area (Å²) in [6.07, 6.45) is 2.62. The minimum absolute atomic E-state index is 0.215. The number of esters is 1. The van der Waals surface area contributed by atoms with Crippen molar-refractivity contribution in [3.8, 4) is 5.75 Å². The van der Waals surface area contributed by atoms with Crippen LogP contribution in [-0.2, 0) is 19.0 Å². The van der Waals surface area contributed by atoms with Crippen molar-refractivity contribution in [2.24, 2.45) is 0 Å². The van der Waals surface area contributed by atoms with E-state index in [0.717, 1.165) is 25.2 Å².